The Bertz CT molecular complexity index is 413. The molecule has 1 atom stereocenters. The molecule has 0 bridgehead atoms. The zero-order valence-electron chi connectivity index (χ0n) is 11.3. The van der Waals surface area contributed by atoms with E-state index in [1.807, 2.05) is 20.8 Å². The Morgan fingerprint density at radius 3 is 2.42 bits per heavy atom. The van der Waals surface area contributed by atoms with Crippen molar-refractivity contribution in [3.05, 3.63) is 23.9 Å². The van der Waals surface area contributed by atoms with Crippen LogP contribution in [-0.4, -0.2) is 22.7 Å². The van der Waals surface area contributed by atoms with Crippen LogP contribution in [-0.2, 0) is 6.18 Å². The highest BCUT2D eigenvalue weighted by Gasteiger charge is 2.35. The van der Waals surface area contributed by atoms with Crippen LogP contribution in [0.4, 0.5) is 19.0 Å². The number of pyridine rings is 1. The van der Waals surface area contributed by atoms with Crippen molar-refractivity contribution in [2.75, 3.05) is 11.9 Å². The lowest BCUT2D eigenvalue weighted by Gasteiger charge is -2.32. The number of nitrogens with zero attached hydrogens (tertiary/aromatic N) is 1. The summed E-state index contributed by atoms with van der Waals surface area (Å²) < 4.78 is 38.6. The Labute approximate surface area is 110 Å². The second kappa shape index (κ2) is 5.77. The highest BCUT2D eigenvalue weighted by molar-refractivity contribution is 5.46. The third-order valence-corrected chi connectivity index (χ3v) is 2.89. The van der Waals surface area contributed by atoms with E-state index in [0.29, 0.717) is 6.42 Å². The standard InChI is InChI=1S/C13H19F3N2O/c1-12(2,3)10(6-8-19)18-11-9(13(14,15)16)5-4-7-17-11/h4-5,7,10,19H,6,8H2,1-3H3,(H,17,18). The second-order valence-corrected chi connectivity index (χ2v) is 5.47. The zero-order chi connectivity index (χ0) is 14.7. The molecule has 6 heteroatoms. The summed E-state index contributed by atoms with van der Waals surface area (Å²) in [6.45, 7) is 5.60. The molecule has 19 heavy (non-hydrogen) atoms. The summed E-state index contributed by atoms with van der Waals surface area (Å²) >= 11 is 0. The second-order valence-electron chi connectivity index (χ2n) is 5.47. The largest absolute Gasteiger partial charge is 0.419 e. The summed E-state index contributed by atoms with van der Waals surface area (Å²) in [5.41, 5.74) is -1.08. The molecule has 1 aromatic rings. The minimum Gasteiger partial charge on any atom is -0.396 e. The van der Waals surface area contributed by atoms with Gasteiger partial charge in [-0.05, 0) is 24.0 Å². The molecular formula is C13H19F3N2O. The minimum atomic E-state index is -4.45. The highest BCUT2D eigenvalue weighted by Crippen LogP contribution is 2.35. The van der Waals surface area contributed by atoms with Gasteiger partial charge in [-0.3, -0.25) is 0 Å². The van der Waals surface area contributed by atoms with Crippen LogP contribution in [0, 0.1) is 5.41 Å². The predicted molar refractivity (Wildman–Crippen MR) is 67.8 cm³/mol. The Morgan fingerprint density at radius 1 is 1.32 bits per heavy atom. The van der Waals surface area contributed by atoms with Crippen LogP contribution in [0.3, 0.4) is 0 Å². The lowest BCUT2D eigenvalue weighted by Crippen LogP contribution is -2.35. The molecule has 0 amide bonds. The van der Waals surface area contributed by atoms with Gasteiger partial charge in [-0.15, -0.1) is 0 Å². The highest BCUT2D eigenvalue weighted by atomic mass is 19.4. The fourth-order valence-corrected chi connectivity index (χ4v) is 1.76. The number of aromatic nitrogens is 1. The van der Waals surface area contributed by atoms with Gasteiger partial charge in [0, 0.05) is 18.8 Å². The van der Waals surface area contributed by atoms with Gasteiger partial charge in [0.05, 0.1) is 5.56 Å². The van der Waals surface area contributed by atoms with Crippen LogP contribution >= 0.6 is 0 Å². The van der Waals surface area contributed by atoms with Crippen LogP contribution in [0.2, 0.25) is 0 Å². The number of rotatable bonds is 4. The summed E-state index contributed by atoms with van der Waals surface area (Å²) in [6.07, 6.45) is -2.77. The molecule has 1 unspecified atom stereocenters. The van der Waals surface area contributed by atoms with E-state index in [9.17, 15) is 13.2 Å². The molecule has 1 rings (SSSR count). The van der Waals surface area contributed by atoms with E-state index in [4.69, 9.17) is 5.11 Å². The van der Waals surface area contributed by atoms with Gasteiger partial charge < -0.3 is 10.4 Å². The van der Waals surface area contributed by atoms with Crippen molar-refractivity contribution in [2.24, 2.45) is 5.41 Å². The van der Waals surface area contributed by atoms with Gasteiger partial charge in [0.25, 0.3) is 0 Å². The summed E-state index contributed by atoms with van der Waals surface area (Å²) in [7, 11) is 0. The topological polar surface area (TPSA) is 45.1 Å². The van der Waals surface area contributed by atoms with E-state index in [0.717, 1.165) is 6.07 Å². The van der Waals surface area contributed by atoms with Gasteiger partial charge in [0.2, 0.25) is 0 Å². The summed E-state index contributed by atoms with van der Waals surface area (Å²) in [5, 5.41) is 11.8. The fourth-order valence-electron chi connectivity index (χ4n) is 1.76. The lowest BCUT2D eigenvalue weighted by atomic mass is 9.85. The molecule has 0 aliphatic carbocycles. The SMILES string of the molecule is CC(C)(C)C(CCO)Nc1ncccc1C(F)(F)F. The van der Waals surface area contributed by atoms with Crippen LogP contribution in [0.25, 0.3) is 0 Å². The Morgan fingerprint density at radius 2 is 1.95 bits per heavy atom. The van der Waals surface area contributed by atoms with Gasteiger partial charge in [0.15, 0.2) is 0 Å². The lowest BCUT2D eigenvalue weighted by molar-refractivity contribution is -0.137. The average Bonchev–Trinajstić information content (AvgIpc) is 2.26. The first kappa shape index (κ1) is 15.8. The molecule has 0 radical (unpaired) electrons. The smallest absolute Gasteiger partial charge is 0.396 e. The van der Waals surface area contributed by atoms with Crippen LogP contribution in [0.1, 0.15) is 32.8 Å². The molecule has 1 aromatic heterocycles. The maximum atomic E-state index is 12.9. The summed E-state index contributed by atoms with van der Waals surface area (Å²) in [5.74, 6) is -0.191. The summed E-state index contributed by atoms with van der Waals surface area (Å²) in [6, 6.07) is 1.95. The third kappa shape index (κ3) is 4.38. The molecule has 3 nitrogen and oxygen atoms in total. The molecule has 0 spiro atoms. The van der Waals surface area contributed by atoms with Gasteiger partial charge >= 0.3 is 6.18 Å². The monoisotopic (exact) mass is 276 g/mol. The zero-order valence-corrected chi connectivity index (χ0v) is 11.3. The first-order valence-corrected chi connectivity index (χ1v) is 6.06. The Hall–Kier alpha value is -1.30. The van der Waals surface area contributed by atoms with E-state index in [-0.39, 0.29) is 23.9 Å². The van der Waals surface area contributed by atoms with Gasteiger partial charge in [0.1, 0.15) is 5.82 Å². The van der Waals surface area contributed by atoms with Crippen LogP contribution in [0.15, 0.2) is 18.3 Å². The van der Waals surface area contributed by atoms with Crippen molar-refractivity contribution in [3.63, 3.8) is 0 Å². The fraction of sp³-hybridized carbons (Fsp3) is 0.615. The van der Waals surface area contributed by atoms with Crippen LogP contribution in [0.5, 0.6) is 0 Å². The van der Waals surface area contributed by atoms with Crippen molar-refractivity contribution >= 4 is 5.82 Å². The molecule has 1 heterocycles. The molecule has 0 aliphatic heterocycles. The van der Waals surface area contributed by atoms with E-state index in [1.54, 1.807) is 0 Å². The van der Waals surface area contributed by atoms with Crippen molar-refractivity contribution in [2.45, 2.75) is 39.4 Å². The summed E-state index contributed by atoms with van der Waals surface area (Å²) in [4.78, 5) is 3.77. The minimum absolute atomic E-state index is 0.0941. The Kier molecular flexibility index (Phi) is 4.79. The van der Waals surface area contributed by atoms with Gasteiger partial charge in [-0.1, -0.05) is 20.8 Å². The quantitative estimate of drug-likeness (QED) is 0.886. The molecule has 0 saturated heterocycles. The molecule has 0 saturated carbocycles. The molecule has 0 fully saturated rings. The average molecular weight is 276 g/mol. The van der Waals surface area contributed by atoms with E-state index in [2.05, 4.69) is 10.3 Å². The van der Waals surface area contributed by atoms with Crippen LogP contribution < -0.4 is 5.32 Å². The van der Waals surface area contributed by atoms with Crippen molar-refractivity contribution < 1.29 is 18.3 Å². The first-order chi connectivity index (χ1) is 8.66. The van der Waals surface area contributed by atoms with E-state index in [1.165, 1.54) is 12.3 Å². The van der Waals surface area contributed by atoms with Gasteiger partial charge in [-0.25, -0.2) is 4.98 Å². The normalized spacial score (nSPS) is 14.3. The van der Waals surface area contributed by atoms with E-state index < -0.39 is 11.7 Å². The maximum Gasteiger partial charge on any atom is 0.419 e. The number of hydrogen-bond acceptors (Lipinski definition) is 3. The molecule has 0 aliphatic rings. The first-order valence-electron chi connectivity index (χ1n) is 6.06. The van der Waals surface area contributed by atoms with Crippen molar-refractivity contribution in [1.29, 1.82) is 0 Å². The predicted octanol–water partition coefficient (Wildman–Crippen LogP) is 3.31. The Balaban J connectivity index is 3.04. The molecular weight excluding hydrogens is 257 g/mol. The number of aliphatic hydroxyl groups excluding tert-OH is 1. The molecule has 2 N–H and O–H groups in total. The molecule has 108 valence electrons. The number of halogens is 3. The number of alkyl halides is 3. The maximum absolute atomic E-state index is 12.9. The van der Waals surface area contributed by atoms with Crippen molar-refractivity contribution in [1.82, 2.24) is 4.98 Å². The third-order valence-electron chi connectivity index (χ3n) is 2.89. The van der Waals surface area contributed by atoms with E-state index >= 15 is 0 Å². The number of aliphatic hydroxyl groups is 1. The van der Waals surface area contributed by atoms with Gasteiger partial charge in [-0.2, -0.15) is 13.2 Å². The number of anilines is 1. The number of nitrogens with one attached hydrogen (secondary N) is 1. The van der Waals surface area contributed by atoms with Crippen molar-refractivity contribution in [3.8, 4) is 0 Å². The molecule has 0 aromatic carbocycles. The number of hydrogen-bond donors (Lipinski definition) is 2.